The fourth-order valence-corrected chi connectivity index (χ4v) is 2.05. The molecule has 6 heteroatoms. The molecule has 2 rings (SSSR count). The third-order valence-electron chi connectivity index (χ3n) is 2.68. The molecule has 0 aliphatic heterocycles. The fraction of sp³-hybridized carbons (Fsp3) is 0.0714. The Labute approximate surface area is 123 Å². The van der Waals surface area contributed by atoms with Crippen molar-refractivity contribution in [2.24, 2.45) is 10.9 Å². The summed E-state index contributed by atoms with van der Waals surface area (Å²) in [4.78, 5) is 0. The minimum atomic E-state index is -0.382. The number of hydrogen-bond acceptors (Lipinski definition) is 3. The smallest absolute Gasteiger partial charge is 0.170 e. The lowest BCUT2D eigenvalue weighted by molar-refractivity contribution is 0.301. The normalized spacial score (nSPS) is 11.4. The van der Waals surface area contributed by atoms with Gasteiger partial charge in [-0.3, -0.25) is 0 Å². The van der Waals surface area contributed by atoms with Crippen molar-refractivity contribution in [2.45, 2.75) is 6.61 Å². The quantitative estimate of drug-likeness (QED) is 0.389. The van der Waals surface area contributed by atoms with E-state index in [9.17, 15) is 4.39 Å². The third kappa shape index (κ3) is 3.27. The monoisotopic (exact) mass is 338 g/mol. The predicted octanol–water partition coefficient (Wildman–Crippen LogP) is 3.26. The standard InChI is InChI=1S/C14H12BrFN2O2/c15-12-6-5-10(16)7-13(12)20-8-9-3-1-2-4-11(9)14(17)18-19/h1-7,19H,8H2,(H2,17,18). The van der Waals surface area contributed by atoms with E-state index in [1.54, 1.807) is 24.3 Å². The Morgan fingerprint density at radius 1 is 1.30 bits per heavy atom. The molecular formula is C14H12BrFN2O2. The molecule has 0 saturated carbocycles. The summed E-state index contributed by atoms with van der Waals surface area (Å²) in [6.07, 6.45) is 0. The number of amidine groups is 1. The van der Waals surface area contributed by atoms with Gasteiger partial charge in [-0.25, -0.2) is 4.39 Å². The van der Waals surface area contributed by atoms with Crippen LogP contribution in [0.15, 0.2) is 52.1 Å². The van der Waals surface area contributed by atoms with Crippen molar-refractivity contribution >= 4 is 21.8 Å². The topological polar surface area (TPSA) is 67.8 Å². The van der Waals surface area contributed by atoms with Crippen molar-refractivity contribution in [3.8, 4) is 5.75 Å². The van der Waals surface area contributed by atoms with Crippen molar-refractivity contribution in [2.75, 3.05) is 0 Å². The molecule has 0 unspecified atom stereocenters. The van der Waals surface area contributed by atoms with E-state index in [0.29, 0.717) is 15.8 Å². The second-order valence-electron chi connectivity index (χ2n) is 4.01. The first-order valence-electron chi connectivity index (χ1n) is 5.75. The number of rotatable bonds is 4. The summed E-state index contributed by atoms with van der Waals surface area (Å²) in [6, 6.07) is 11.3. The Morgan fingerprint density at radius 3 is 2.80 bits per heavy atom. The first-order valence-corrected chi connectivity index (χ1v) is 6.54. The van der Waals surface area contributed by atoms with Gasteiger partial charge >= 0.3 is 0 Å². The van der Waals surface area contributed by atoms with E-state index in [-0.39, 0.29) is 18.3 Å². The number of hydrogen-bond donors (Lipinski definition) is 2. The van der Waals surface area contributed by atoms with Crippen LogP contribution in [-0.4, -0.2) is 11.0 Å². The molecule has 0 spiro atoms. The number of oxime groups is 1. The minimum Gasteiger partial charge on any atom is -0.488 e. The van der Waals surface area contributed by atoms with Gasteiger partial charge in [0.25, 0.3) is 0 Å². The SMILES string of the molecule is N/C(=N/O)c1ccccc1COc1cc(F)ccc1Br. The van der Waals surface area contributed by atoms with Crippen molar-refractivity contribution in [3.05, 3.63) is 63.9 Å². The van der Waals surface area contributed by atoms with Crippen LogP contribution in [0.25, 0.3) is 0 Å². The Morgan fingerprint density at radius 2 is 2.05 bits per heavy atom. The first-order chi connectivity index (χ1) is 9.61. The summed E-state index contributed by atoms with van der Waals surface area (Å²) in [6.45, 7) is 0.175. The molecule has 0 aliphatic rings. The molecule has 2 aromatic rings. The van der Waals surface area contributed by atoms with Crippen molar-refractivity contribution < 1.29 is 14.3 Å². The van der Waals surface area contributed by atoms with Gasteiger partial charge in [0.15, 0.2) is 5.84 Å². The second kappa shape index (κ2) is 6.38. The number of nitrogens with zero attached hydrogens (tertiary/aromatic N) is 1. The largest absolute Gasteiger partial charge is 0.488 e. The van der Waals surface area contributed by atoms with E-state index in [1.165, 1.54) is 12.1 Å². The van der Waals surface area contributed by atoms with Gasteiger partial charge in [0.1, 0.15) is 18.2 Å². The average Bonchev–Trinajstić information content (AvgIpc) is 2.47. The summed E-state index contributed by atoms with van der Waals surface area (Å²) in [5.41, 5.74) is 6.90. The Balaban J connectivity index is 2.21. The molecule has 20 heavy (non-hydrogen) atoms. The van der Waals surface area contributed by atoms with Gasteiger partial charge in [0.2, 0.25) is 0 Å². The van der Waals surface area contributed by atoms with Gasteiger partial charge < -0.3 is 15.7 Å². The van der Waals surface area contributed by atoms with Gasteiger partial charge in [-0.1, -0.05) is 29.4 Å². The van der Waals surface area contributed by atoms with Crippen LogP contribution in [0, 0.1) is 5.82 Å². The Kier molecular flexibility index (Phi) is 4.57. The van der Waals surface area contributed by atoms with E-state index >= 15 is 0 Å². The summed E-state index contributed by atoms with van der Waals surface area (Å²) in [7, 11) is 0. The van der Waals surface area contributed by atoms with Gasteiger partial charge in [0.05, 0.1) is 4.47 Å². The van der Waals surface area contributed by atoms with Crippen LogP contribution in [0.2, 0.25) is 0 Å². The van der Waals surface area contributed by atoms with Crippen LogP contribution in [0.3, 0.4) is 0 Å². The first kappa shape index (κ1) is 14.3. The maximum absolute atomic E-state index is 13.2. The Hall–Kier alpha value is -2.08. The number of benzene rings is 2. The van der Waals surface area contributed by atoms with E-state index in [0.717, 1.165) is 5.56 Å². The average molecular weight is 339 g/mol. The predicted molar refractivity (Wildman–Crippen MR) is 77.4 cm³/mol. The van der Waals surface area contributed by atoms with Gasteiger partial charge in [0, 0.05) is 17.2 Å². The Bertz CT molecular complexity index is 647. The molecule has 0 saturated heterocycles. The minimum absolute atomic E-state index is 0.00232. The lowest BCUT2D eigenvalue weighted by Crippen LogP contribution is -2.16. The zero-order chi connectivity index (χ0) is 14.5. The van der Waals surface area contributed by atoms with Crippen LogP contribution in [-0.2, 0) is 6.61 Å². The maximum Gasteiger partial charge on any atom is 0.170 e. The molecule has 0 heterocycles. The van der Waals surface area contributed by atoms with Gasteiger partial charge in [-0.15, -0.1) is 0 Å². The maximum atomic E-state index is 13.2. The summed E-state index contributed by atoms with van der Waals surface area (Å²) >= 11 is 3.29. The molecule has 4 nitrogen and oxygen atoms in total. The molecule has 0 radical (unpaired) electrons. The molecular weight excluding hydrogens is 327 g/mol. The van der Waals surface area contributed by atoms with Crippen LogP contribution >= 0.6 is 15.9 Å². The molecule has 0 amide bonds. The van der Waals surface area contributed by atoms with E-state index < -0.39 is 0 Å². The molecule has 0 atom stereocenters. The highest BCUT2D eigenvalue weighted by Gasteiger charge is 2.08. The molecule has 0 aliphatic carbocycles. The van der Waals surface area contributed by atoms with Crippen LogP contribution < -0.4 is 10.5 Å². The molecule has 0 aromatic heterocycles. The van der Waals surface area contributed by atoms with Gasteiger partial charge in [-0.05, 0) is 28.1 Å². The van der Waals surface area contributed by atoms with E-state index in [1.807, 2.05) is 6.07 Å². The summed E-state index contributed by atoms with van der Waals surface area (Å²) < 4.78 is 19.4. The molecule has 2 aromatic carbocycles. The molecule has 3 N–H and O–H groups in total. The van der Waals surface area contributed by atoms with Crippen molar-refractivity contribution in [1.29, 1.82) is 0 Å². The van der Waals surface area contributed by atoms with E-state index in [2.05, 4.69) is 21.1 Å². The lowest BCUT2D eigenvalue weighted by Gasteiger charge is -2.11. The fourth-order valence-electron chi connectivity index (χ4n) is 1.69. The zero-order valence-corrected chi connectivity index (χ0v) is 12.0. The van der Waals surface area contributed by atoms with Crippen LogP contribution in [0.5, 0.6) is 5.75 Å². The lowest BCUT2D eigenvalue weighted by atomic mass is 10.1. The summed E-state index contributed by atoms with van der Waals surface area (Å²) in [5.74, 6) is 0.00902. The van der Waals surface area contributed by atoms with E-state index in [4.69, 9.17) is 15.7 Å². The zero-order valence-electron chi connectivity index (χ0n) is 10.4. The highest BCUT2D eigenvalue weighted by molar-refractivity contribution is 9.10. The number of ether oxygens (including phenoxy) is 1. The number of halogens is 2. The highest BCUT2D eigenvalue weighted by Crippen LogP contribution is 2.26. The third-order valence-corrected chi connectivity index (χ3v) is 3.33. The summed E-state index contributed by atoms with van der Waals surface area (Å²) in [5, 5.41) is 11.7. The molecule has 104 valence electrons. The number of nitrogens with two attached hydrogens (primary N) is 1. The van der Waals surface area contributed by atoms with Crippen LogP contribution in [0.4, 0.5) is 4.39 Å². The van der Waals surface area contributed by atoms with Crippen LogP contribution in [0.1, 0.15) is 11.1 Å². The molecule has 0 bridgehead atoms. The molecule has 0 fully saturated rings. The second-order valence-corrected chi connectivity index (χ2v) is 4.86. The van der Waals surface area contributed by atoms with Crippen molar-refractivity contribution in [3.63, 3.8) is 0 Å². The van der Waals surface area contributed by atoms with Gasteiger partial charge in [-0.2, -0.15) is 0 Å². The van der Waals surface area contributed by atoms with Crippen molar-refractivity contribution in [1.82, 2.24) is 0 Å². The highest BCUT2D eigenvalue weighted by atomic mass is 79.9.